The van der Waals surface area contributed by atoms with Gasteiger partial charge in [-0.05, 0) is 64.2 Å². The van der Waals surface area contributed by atoms with Crippen LogP contribution in [0.1, 0.15) is 42.8 Å². The Morgan fingerprint density at radius 2 is 2.14 bits per heavy atom. The lowest BCUT2D eigenvalue weighted by Crippen LogP contribution is -2.40. The second-order valence-corrected chi connectivity index (χ2v) is 6.07. The molecule has 0 bridgehead atoms. The van der Waals surface area contributed by atoms with Crippen molar-refractivity contribution in [2.24, 2.45) is 5.41 Å². The molecular weight excluding hydrogens is 262 g/mol. The maximum atomic E-state index is 12.1. The smallest absolute Gasteiger partial charge is 0.306 e. The number of benzene rings is 1. The second-order valence-electron chi connectivity index (χ2n) is 6.07. The van der Waals surface area contributed by atoms with Crippen LogP contribution in [0.15, 0.2) is 24.2 Å². The Balaban J connectivity index is 2.39. The predicted molar refractivity (Wildman–Crippen MR) is 85.3 cm³/mol. The van der Waals surface area contributed by atoms with Crippen LogP contribution in [0, 0.1) is 12.3 Å². The number of esters is 1. The highest BCUT2D eigenvalue weighted by Crippen LogP contribution is 2.38. The highest BCUT2D eigenvalue weighted by Gasteiger charge is 2.36. The van der Waals surface area contributed by atoms with Gasteiger partial charge in [0.25, 0.3) is 0 Å². The van der Waals surface area contributed by atoms with Gasteiger partial charge >= 0.3 is 5.97 Å². The molecule has 0 atom stereocenters. The molecule has 3 heteroatoms. The first-order chi connectivity index (χ1) is 11.7. The largest absolute Gasteiger partial charge is 0.466 e. The van der Waals surface area contributed by atoms with Gasteiger partial charge in [-0.25, -0.2) is 0 Å². The normalized spacial score (nSPS) is 21.1. The molecule has 0 saturated carbocycles. The molecule has 1 aliphatic rings. The summed E-state index contributed by atoms with van der Waals surface area (Å²) in [4.78, 5) is 14.4. The van der Waals surface area contributed by atoms with Gasteiger partial charge in [0.15, 0.2) is 0 Å². The quantitative estimate of drug-likeness (QED) is 0.781. The van der Waals surface area contributed by atoms with Crippen molar-refractivity contribution < 1.29 is 15.0 Å². The Bertz CT molecular complexity index is 626. The summed E-state index contributed by atoms with van der Waals surface area (Å²) in [6.07, 6.45) is 2.25. The third-order valence-electron chi connectivity index (χ3n) is 4.23. The molecule has 0 unspecified atom stereocenters. The van der Waals surface area contributed by atoms with E-state index in [1.54, 1.807) is 13.8 Å². The molecule has 0 radical (unpaired) electrons. The van der Waals surface area contributed by atoms with Crippen molar-refractivity contribution in [2.45, 2.75) is 39.5 Å². The molecule has 1 saturated heterocycles. The minimum Gasteiger partial charge on any atom is -0.466 e. The van der Waals surface area contributed by atoms with Crippen molar-refractivity contribution in [2.75, 3.05) is 26.7 Å². The highest BCUT2D eigenvalue weighted by atomic mass is 16.5. The Morgan fingerprint density at radius 1 is 1.43 bits per heavy atom. The van der Waals surface area contributed by atoms with Crippen LogP contribution in [0.25, 0.3) is 0 Å². The Kier molecular flexibility index (Phi) is 3.79. The molecule has 0 amide bonds. The Labute approximate surface area is 133 Å². The van der Waals surface area contributed by atoms with Crippen molar-refractivity contribution in [1.82, 2.24) is 4.90 Å². The number of nitrogens with zero attached hydrogens (tertiary/aromatic N) is 1. The number of carbonyl (C=O) groups is 1. The second kappa shape index (κ2) is 7.08. The van der Waals surface area contributed by atoms with Crippen LogP contribution in [0.2, 0.25) is 0 Å². The van der Waals surface area contributed by atoms with E-state index in [1.807, 2.05) is 7.05 Å². The van der Waals surface area contributed by atoms with Gasteiger partial charge < -0.3 is 9.64 Å². The van der Waals surface area contributed by atoms with Gasteiger partial charge in [-0.1, -0.05) is 29.7 Å². The number of piperidine rings is 1. The van der Waals surface area contributed by atoms with Crippen molar-refractivity contribution in [3.63, 3.8) is 0 Å². The first kappa shape index (κ1) is 11.2. The van der Waals surface area contributed by atoms with E-state index >= 15 is 0 Å². The molecule has 2 rings (SSSR count). The number of carbonyl (C=O) groups excluding carboxylic acids is 1. The summed E-state index contributed by atoms with van der Waals surface area (Å²) in [5.41, 5.74) is 0.551. The number of ether oxygens (including phenoxy) is 1. The van der Waals surface area contributed by atoms with Crippen molar-refractivity contribution in [3.8, 4) is 0 Å². The zero-order valence-electron chi connectivity index (χ0n) is 17.2. The monoisotopic (exact) mass is 293 g/mol. The first-order valence-corrected chi connectivity index (χ1v) is 7.61. The van der Waals surface area contributed by atoms with Gasteiger partial charge in [-0.3, -0.25) is 4.79 Å². The number of hydrogen-bond donors (Lipinski definition) is 0. The van der Waals surface area contributed by atoms with Gasteiger partial charge in [0, 0.05) is 0 Å². The lowest BCUT2D eigenvalue weighted by atomic mass is 9.71. The van der Waals surface area contributed by atoms with E-state index in [0.717, 1.165) is 25.9 Å². The maximum Gasteiger partial charge on any atom is 0.306 e. The number of rotatable bonds is 5. The molecule has 0 aromatic heterocycles. The third kappa shape index (κ3) is 4.57. The molecule has 21 heavy (non-hydrogen) atoms. The van der Waals surface area contributed by atoms with E-state index in [4.69, 9.17) is 10.2 Å². The standard InChI is InChI=1S/C18H27NO2/c1-4-21-17(20)14-18(8-10-19(3)11-9-18)13-16-7-5-6-15(2)12-16/h5-7,12H,4,8-11,13-14H2,1-3H3/i5D,6D,7D,12D. The summed E-state index contributed by atoms with van der Waals surface area (Å²) in [6, 6.07) is -0.0831. The topological polar surface area (TPSA) is 29.5 Å². The van der Waals surface area contributed by atoms with Crippen LogP contribution in [-0.2, 0) is 16.0 Å². The Morgan fingerprint density at radius 3 is 2.81 bits per heavy atom. The lowest BCUT2D eigenvalue weighted by molar-refractivity contribution is -0.146. The van der Waals surface area contributed by atoms with E-state index in [9.17, 15) is 4.79 Å². The summed E-state index contributed by atoms with van der Waals surface area (Å²) in [5, 5.41) is 0. The molecule has 0 aliphatic carbocycles. The zero-order valence-corrected chi connectivity index (χ0v) is 13.2. The van der Waals surface area contributed by atoms with Gasteiger partial charge in [0.1, 0.15) is 0 Å². The SMILES string of the molecule is [2H]c1c([2H])c(C)c([2H])c(CC2(CC(=O)OCC)CCN(C)CC2)c1[2H]. The molecule has 116 valence electrons. The highest BCUT2D eigenvalue weighted by molar-refractivity contribution is 5.70. The van der Waals surface area contributed by atoms with Crippen LogP contribution in [0.5, 0.6) is 0 Å². The summed E-state index contributed by atoms with van der Waals surface area (Å²) < 4.78 is 37.6. The predicted octanol–water partition coefficient (Wildman–Crippen LogP) is 3.20. The first-order valence-electron chi connectivity index (χ1n) is 9.61. The molecule has 3 nitrogen and oxygen atoms in total. The fraction of sp³-hybridized carbons (Fsp3) is 0.611. The molecule has 0 N–H and O–H groups in total. The minimum atomic E-state index is -0.354. The van der Waals surface area contributed by atoms with Gasteiger partial charge in [0.2, 0.25) is 0 Å². The van der Waals surface area contributed by atoms with Crippen LogP contribution >= 0.6 is 0 Å². The molecule has 1 aliphatic heterocycles. The molecule has 1 aromatic rings. The third-order valence-corrected chi connectivity index (χ3v) is 4.23. The lowest BCUT2D eigenvalue weighted by Gasteiger charge is -2.40. The van der Waals surface area contributed by atoms with Crippen molar-refractivity contribution in [1.29, 1.82) is 0 Å². The Hall–Kier alpha value is -1.35. The van der Waals surface area contributed by atoms with Crippen LogP contribution in [0.4, 0.5) is 0 Å². The molecular formula is C18H27NO2. The van der Waals surface area contributed by atoms with Crippen LogP contribution in [-0.4, -0.2) is 37.6 Å². The summed E-state index contributed by atoms with van der Waals surface area (Å²) in [5.74, 6) is -0.245. The van der Waals surface area contributed by atoms with Crippen LogP contribution < -0.4 is 0 Å². The molecule has 0 spiro atoms. The molecule has 1 heterocycles. The number of likely N-dealkylation sites (tertiary alicyclic amines) is 1. The minimum absolute atomic E-state index is 0.0530. The zero-order chi connectivity index (χ0) is 18.8. The van der Waals surface area contributed by atoms with E-state index in [2.05, 4.69) is 4.90 Å². The summed E-state index contributed by atoms with van der Waals surface area (Å²) in [6.45, 7) is 5.47. The maximum absolute atomic E-state index is 12.1. The fourth-order valence-electron chi connectivity index (χ4n) is 2.98. The molecule has 1 aromatic carbocycles. The summed E-state index contributed by atoms with van der Waals surface area (Å²) >= 11 is 0. The van der Waals surface area contributed by atoms with Gasteiger partial charge in [0.05, 0.1) is 18.5 Å². The van der Waals surface area contributed by atoms with E-state index in [0.29, 0.717) is 24.2 Å². The fourth-order valence-corrected chi connectivity index (χ4v) is 2.98. The van der Waals surface area contributed by atoms with Gasteiger partial charge in [-0.2, -0.15) is 0 Å². The summed E-state index contributed by atoms with van der Waals surface area (Å²) in [7, 11) is 2.04. The van der Waals surface area contributed by atoms with Crippen molar-refractivity contribution >= 4 is 5.97 Å². The van der Waals surface area contributed by atoms with Crippen molar-refractivity contribution in [3.05, 3.63) is 35.3 Å². The molecule has 1 fully saturated rings. The van der Waals surface area contributed by atoms with E-state index < -0.39 is 0 Å². The van der Waals surface area contributed by atoms with Gasteiger partial charge in [-0.15, -0.1) is 0 Å². The average molecular weight is 293 g/mol. The number of hydrogen-bond acceptors (Lipinski definition) is 3. The van der Waals surface area contributed by atoms with E-state index in [1.165, 1.54) is 0 Å². The average Bonchev–Trinajstić information content (AvgIpc) is 2.58. The van der Waals surface area contributed by atoms with E-state index in [-0.39, 0.29) is 42.0 Å². The van der Waals surface area contributed by atoms with Crippen LogP contribution in [0.3, 0.4) is 0 Å².